The highest BCUT2D eigenvalue weighted by Gasteiger charge is 2.59. The first kappa shape index (κ1) is 19.5. The van der Waals surface area contributed by atoms with Gasteiger partial charge in [0.05, 0.1) is 28.8 Å². The molecule has 3 heterocycles. The lowest BCUT2D eigenvalue weighted by Gasteiger charge is -2.42. The van der Waals surface area contributed by atoms with Crippen molar-refractivity contribution in [2.24, 2.45) is 5.73 Å². The summed E-state index contributed by atoms with van der Waals surface area (Å²) in [5.74, 6) is -0.407. The monoisotopic (exact) mass is 423 g/mol. The van der Waals surface area contributed by atoms with E-state index in [9.17, 15) is 22.8 Å². The molecule has 0 bridgehead atoms. The summed E-state index contributed by atoms with van der Waals surface area (Å²) in [5.41, 5.74) is 3.21. The maximum atomic E-state index is 13.4. The third-order valence-electron chi connectivity index (χ3n) is 5.33. The summed E-state index contributed by atoms with van der Waals surface area (Å²) in [4.78, 5) is 33.7. The number of pyridine rings is 2. The quantitative estimate of drug-likeness (QED) is 0.736. The predicted molar refractivity (Wildman–Crippen MR) is 103 cm³/mol. The number of hydrogen-bond acceptors (Lipinski definition) is 5. The Hall–Kier alpha value is -2.79. The first-order valence-corrected chi connectivity index (χ1v) is 9.23. The van der Waals surface area contributed by atoms with Gasteiger partial charge in [0.25, 0.3) is 5.91 Å². The minimum absolute atomic E-state index is 0.0390. The van der Waals surface area contributed by atoms with Crippen LogP contribution < -0.4 is 21.1 Å². The molecule has 2 aromatic rings. The fourth-order valence-electron chi connectivity index (χ4n) is 3.76. The van der Waals surface area contributed by atoms with Gasteiger partial charge in [-0.3, -0.25) is 19.5 Å². The second-order valence-electron chi connectivity index (χ2n) is 6.94. The van der Waals surface area contributed by atoms with Crippen LogP contribution in [0, 0.1) is 0 Å². The van der Waals surface area contributed by atoms with Crippen LogP contribution in [-0.4, -0.2) is 26.5 Å². The molecule has 7 nitrogen and oxygen atoms in total. The van der Waals surface area contributed by atoms with Crippen LogP contribution in [0.25, 0.3) is 0 Å². The first-order chi connectivity index (χ1) is 13.7. The number of halogens is 3. The number of nitrogens with zero attached hydrogens (tertiary/aromatic N) is 3. The van der Waals surface area contributed by atoms with Crippen molar-refractivity contribution in [2.75, 3.05) is 9.80 Å². The van der Waals surface area contributed by atoms with Crippen molar-refractivity contribution in [3.05, 3.63) is 52.2 Å². The molecule has 1 spiro atoms. The summed E-state index contributed by atoms with van der Waals surface area (Å²) in [6, 6.07) is 3.68. The van der Waals surface area contributed by atoms with E-state index in [1.54, 1.807) is 4.90 Å². The first-order valence-electron chi connectivity index (χ1n) is 8.83. The molecular weight excluding hydrogens is 407 g/mol. The Bertz CT molecular complexity index is 1040. The van der Waals surface area contributed by atoms with Crippen LogP contribution in [0.4, 0.5) is 24.5 Å². The summed E-state index contributed by atoms with van der Waals surface area (Å²) >= 11 is 5.49. The van der Waals surface area contributed by atoms with Crippen LogP contribution in [0.2, 0.25) is 0 Å². The third-order valence-corrected chi connectivity index (χ3v) is 5.70. The van der Waals surface area contributed by atoms with Crippen LogP contribution in [-0.2, 0) is 17.5 Å². The highest BCUT2D eigenvalue weighted by Crippen LogP contribution is 2.47. The maximum Gasteiger partial charge on any atom is 0.418 e. The zero-order valence-corrected chi connectivity index (χ0v) is 15.8. The topological polar surface area (TPSA) is 95.3 Å². The third kappa shape index (κ3) is 2.92. The van der Waals surface area contributed by atoms with Crippen molar-refractivity contribution in [1.82, 2.24) is 9.97 Å². The van der Waals surface area contributed by atoms with E-state index in [4.69, 9.17) is 18.0 Å². The maximum absolute atomic E-state index is 13.4. The molecule has 0 radical (unpaired) electrons. The van der Waals surface area contributed by atoms with Crippen LogP contribution in [0.15, 0.2) is 35.4 Å². The van der Waals surface area contributed by atoms with Crippen LogP contribution in [0.5, 0.6) is 0 Å². The molecule has 152 valence electrons. The molecular formula is C18H16F3N5O2S. The number of hydrogen-bond donors (Lipinski definition) is 2. The molecule has 1 aliphatic carbocycles. The molecule has 4 rings (SSSR count). The average Bonchev–Trinajstić information content (AvgIpc) is 2.88. The minimum Gasteiger partial charge on any atom is -0.327 e. The SMILES string of the molecule is NCc1ncc(N2C(=O)C3(CCC3)N(c3ccc(=O)[nH]c3)C2=S)cc1C(F)(F)F. The number of anilines is 2. The summed E-state index contributed by atoms with van der Waals surface area (Å²) < 4.78 is 40.3. The zero-order valence-electron chi connectivity index (χ0n) is 15.0. The lowest BCUT2D eigenvalue weighted by atomic mass is 9.75. The summed E-state index contributed by atoms with van der Waals surface area (Å²) in [7, 11) is 0. The lowest BCUT2D eigenvalue weighted by molar-refractivity contribution is -0.138. The standard InChI is InChI=1S/C18H16F3N5O2S/c19-18(20,21)12-6-11(9-23-13(12)7-22)25-15(28)17(4-1-5-17)26(16(25)29)10-2-3-14(27)24-8-10/h2-3,6,8-9H,1,4-5,7,22H2,(H,24,27). The molecule has 2 fully saturated rings. The van der Waals surface area contributed by atoms with Gasteiger partial charge in [0.15, 0.2) is 5.11 Å². The molecule has 1 aliphatic heterocycles. The Morgan fingerprint density at radius 3 is 2.48 bits per heavy atom. The van der Waals surface area contributed by atoms with Gasteiger partial charge >= 0.3 is 6.18 Å². The van der Waals surface area contributed by atoms with Gasteiger partial charge in [-0.25, -0.2) is 0 Å². The summed E-state index contributed by atoms with van der Waals surface area (Å²) in [5, 5.41) is 0.0390. The second kappa shape index (κ2) is 6.63. The largest absolute Gasteiger partial charge is 0.418 e. The zero-order chi connectivity index (χ0) is 21.0. The number of H-pyrrole nitrogens is 1. The molecule has 11 heteroatoms. The summed E-state index contributed by atoms with van der Waals surface area (Å²) in [6.45, 7) is -0.388. The van der Waals surface area contributed by atoms with Gasteiger partial charge < -0.3 is 15.6 Å². The van der Waals surface area contributed by atoms with E-state index in [2.05, 4.69) is 9.97 Å². The van der Waals surface area contributed by atoms with E-state index in [0.29, 0.717) is 18.5 Å². The Morgan fingerprint density at radius 1 is 1.24 bits per heavy atom. The minimum atomic E-state index is -4.67. The highest BCUT2D eigenvalue weighted by atomic mass is 32.1. The van der Waals surface area contributed by atoms with Gasteiger partial charge in [-0.15, -0.1) is 0 Å². The fourth-order valence-corrected chi connectivity index (χ4v) is 4.23. The molecule has 0 unspecified atom stereocenters. The molecule has 2 aromatic heterocycles. The predicted octanol–water partition coefficient (Wildman–Crippen LogP) is 2.31. The smallest absolute Gasteiger partial charge is 0.327 e. The Balaban J connectivity index is 1.81. The van der Waals surface area contributed by atoms with Gasteiger partial charge in [0.1, 0.15) is 5.54 Å². The highest BCUT2D eigenvalue weighted by molar-refractivity contribution is 7.81. The molecule has 1 saturated heterocycles. The van der Waals surface area contributed by atoms with Crippen LogP contribution in [0.3, 0.4) is 0 Å². The molecule has 1 saturated carbocycles. The Labute approximate surface area is 168 Å². The van der Waals surface area contributed by atoms with Crippen molar-refractivity contribution in [2.45, 2.75) is 37.5 Å². The number of thiocarbonyl (C=S) groups is 1. The number of rotatable bonds is 3. The van der Waals surface area contributed by atoms with Crippen LogP contribution >= 0.6 is 12.2 Å². The normalized spacial score (nSPS) is 18.5. The van der Waals surface area contributed by atoms with E-state index in [-0.39, 0.29) is 28.6 Å². The van der Waals surface area contributed by atoms with Crippen molar-refractivity contribution in [3.8, 4) is 0 Å². The van der Waals surface area contributed by atoms with Crippen LogP contribution in [0.1, 0.15) is 30.5 Å². The fraction of sp³-hybridized carbons (Fsp3) is 0.333. The lowest BCUT2D eigenvalue weighted by Crippen LogP contribution is -2.55. The number of amides is 1. The molecule has 0 atom stereocenters. The second-order valence-corrected chi connectivity index (χ2v) is 7.31. The Morgan fingerprint density at radius 2 is 1.97 bits per heavy atom. The molecule has 1 amide bonds. The van der Waals surface area contributed by atoms with Crippen molar-refractivity contribution in [1.29, 1.82) is 0 Å². The number of aromatic amines is 1. The average molecular weight is 423 g/mol. The van der Waals surface area contributed by atoms with Gasteiger partial charge in [-0.2, -0.15) is 13.2 Å². The van der Waals surface area contributed by atoms with E-state index >= 15 is 0 Å². The van der Waals surface area contributed by atoms with E-state index in [1.807, 2.05) is 0 Å². The van der Waals surface area contributed by atoms with Gasteiger partial charge in [-0.1, -0.05) is 0 Å². The van der Waals surface area contributed by atoms with E-state index in [1.165, 1.54) is 24.5 Å². The number of alkyl halides is 3. The van der Waals surface area contributed by atoms with Gasteiger partial charge in [0, 0.05) is 18.8 Å². The summed E-state index contributed by atoms with van der Waals surface area (Å²) in [6.07, 6.45) is -0.286. The number of aromatic nitrogens is 2. The number of nitrogens with two attached hydrogens (primary N) is 1. The number of carbonyl (C=O) groups is 1. The molecule has 0 aromatic carbocycles. The number of carbonyl (C=O) groups excluding carboxylic acids is 1. The van der Waals surface area contributed by atoms with E-state index in [0.717, 1.165) is 17.4 Å². The Kier molecular flexibility index (Phi) is 4.46. The van der Waals surface area contributed by atoms with Crippen molar-refractivity contribution >= 4 is 34.6 Å². The molecule has 3 N–H and O–H groups in total. The van der Waals surface area contributed by atoms with E-state index < -0.39 is 23.2 Å². The van der Waals surface area contributed by atoms with Gasteiger partial charge in [-0.05, 0) is 43.6 Å². The molecule has 29 heavy (non-hydrogen) atoms. The van der Waals surface area contributed by atoms with Crippen molar-refractivity contribution in [3.63, 3.8) is 0 Å². The number of nitrogens with one attached hydrogen (secondary N) is 1. The van der Waals surface area contributed by atoms with Crippen molar-refractivity contribution < 1.29 is 18.0 Å². The van der Waals surface area contributed by atoms with Gasteiger partial charge in [0.2, 0.25) is 5.56 Å². The molecule has 2 aliphatic rings.